The van der Waals surface area contributed by atoms with E-state index < -0.39 is 0 Å². The molecule has 0 aliphatic heterocycles. The van der Waals surface area contributed by atoms with Crippen molar-refractivity contribution in [3.05, 3.63) is 28.1 Å². The summed E-state index contributed by atoms with van der Waals surface area (Å²) in [5, 5.41) is 0. The van der Waals surface area contributed by atoms with E-state index in [1.807, 2.05) is 6.07 Å². The van der Waals surface area contributed by atoms with Crippen LogP contribution in [-0.4, -0.2) is 14.5 Å². The van der Waals surface area contributed by atoms with Crippen LogP contribution in [0.3, 0.4) is 0 Å². The Morgan fingerprint density at radius 1 is 1.00 bits per heavy atom. The zero-order valence-electron chi connectivity index (χ0n) is 5.29. The quantitative estimate of drug-likeness (QED) is 0.398. The zero-order chi connectivity index (χ0) is 4.24. The summed E-state index contributed by atoms with van der Waals surface area (Å²) in [6, 6.07) is 6.21. The average molecular weight is 168 g/mol. The van der Waals surface area contributed by atoms with Gasteiger partial charge in [-0.25, -0.2) is 0 Å². The van der Waals surface area contributed by atoms with Gasteiger partial charge in [0.25, 0.3) is 0 Å². The van der Waals surface area contributed by atoms with Gasteiger partial charge < -0.3 is 1.43 Å². The minimum atomic E-state index is 0. The van der Waals surface area contributed by atoms with E-state index in [0.717, 1.165) is 0 Å². The first-order chi connectivity index (χ1) is 3.00. The van der Waals surface area contributed by atoms with Crippen molar-refractivity contribution in [2.24, 2.45) is 0 Å². The van der Waals surface area contributed by atoms with Crippen LogP contribution < -0.4 is 29.6 Å². The average Bonchev–Trinajstić information content (AvgIpc) is 1.72. The van der Waals surface area contributed by atoms with Crippen molar-refractivity contribution in [2.45, 2.75) is 0 Å². The Hall–Kier alpha value is 0.869. The number of rotatable bonds is 0. The van der Waals surface area contributed by atoms with E-state index in [1.165, 1.54) is 0 Å². The van der Waals surface area contributed by atoms with E-state index in [9.17, 15) is 0 Å². The summed E-state index contributed by atoms with van der Waals surface area (Å²) in [5.74, 6) is 0. The second-order valence-electron chi connectivity index (χ2n) is 0.986. The fourth-order valence-electron chi connectivity index (χ4n) is 0.291. The van der Waals surface area contributed by atoms with Gasteiger partial charge >= 0.3 is 72.1 Å². The van der Waals surface area contributed by atoms with Gasteiger partial charge in [0.15, 0.2) is 0 Å². The molecule has 0 radical (unpaired) electrons. The molecule has 0 aliphatic rings. The molecule has 1 heterocycles. The third-order valence-corrected chi connectivity index (χ3v) is 1.86. The molecule has 0 unspecified atom stereocenters. The molecule has 0 amide bonds. The van der Waals surface area contributed by atoms with E-state index in [4.69, 9.17) is 0 Å². The summed E-state index contributed by atoms with van der Waals surface area (Å²) in [7, 11) is 0. The summed E-state index contributed by atoms with van der Waals surface area (Å²) < 4.78 is 0. The van der Waals surface area contributed by atoms with Crippen LogP contribution in [0.1, 0.15) is 1.43 Å². The summed E-state index contributed by atoms with van der Waals surface area (Å²) >= 11 is 0.661. The van der Waals surface area contributed by atoms with Crippen LogP contribution in [0.15, 0.2) is 28.1 Å². The Bertz CT molecular complexity index is 84.4. The van der Waals surface area contributed by atoms with Gasteiger partial charge in [0.1, 0.15) is 0 Å². The van der Waals surface area contributed by atoms with Crippen molar-refractivity contribution in [3.63, 3.8) is 0 Å². The summed E-state index contributed by atoms with van der Waals surface area (Å²) in [6.45, 7) is 0. The second-order valence-corrected chi connectivity index (χ2v) is 2.70. The molecule has 0 aromatic carbocycles. The van der Waals surface area contributed by atoms with Crippen LogP contribution in [0.5, 0.6) is 0 Å². The van der Waals surface area contributed by atoms with Gasteiger partial charge in [-0.2, -0.15) is 0 Å². The van der Waals surface area contributed by atoms with E-state index in [2.05, 4.69) is 22.0 Å². The van der Waals surface area contributed by atoms with Crippen LogP contribution in [0.2, 0.25) is 0 Å². The molecule has 0 nitrogen and oxygen atoms in total. The maximum absolute atomic E-state index is 2.19. The van der Waals surface area contributed by atoms with Crippen LogP contribution in [0, 0.1) is 0 Å². The number of hydrogen-bond donors (Lipinski definition) is 0. The molecule has 1 aromatic rings. The van der Waals surface area contributed by atoms with E-state index >= 15 is 0 Å². The van der Waals surface area contributed by atoms with Crippen LogP contribution >= 0.6 is 0 Å². The molecule has 1 rings (SSSR count). The summed E-state index contributed by atoms with van der Waals surface area (Å²) in [4.78, 5) is 4.38. The predicted octanol–water partition coefficient (Wildman–Crippen LogP) is -1.86. The Balaban J connectivity index is 0. The Kier molecular flexibility index (Phi) is 5.64. The van der Waals surface area contributed by atoms with Crippen molar-refractivity contribution in [1.29, 1.82) is 0 Å². The van der Waals surface area contributed by atoms with Gasteiger partial charge in [0, 0.05) is 0 Å². The van der Waals surface area contributed by atoms with Gasteiger partial charge in [-0.3, -0.25) is 0 Å². The molecule has 7 heavy (non-hydrogen) atoms. The Morgan fingerprint density at radius 3 is 1.71 bits per heavy atom. The standard InChI is InChI=1S/C5H5Se.Na.H/c1-2-4-6-5-3-1;;/h1-5H;;/q2*+1;-1. The molecular weight excluding hydrogens is 162 g/mol. The van der Waals surface area contributed by atoms with Gasteiger partial charge in [-0.15, -0.1) is 0 Å². The molecule has 0 aliphatic carbocycles. The van der Waals surface area contributed by atoms with Crippen molar-refractivity contribution in [3.8, 4) is 0 Å². The van der Waals surface area contributed by atoms with Gasteiger partial charge in [-0.1, -0.05) is 0 Å². The maximum atomic E-state index is 2.19. The SMILES string of the molecule is [H-].[Na+].c1cc[se+]cc1. The monoisotopic (exact) mass is 169 g/mol. The van der Waals surface area contributed by atoms with Crippen molar-refractivity contribution in [2.75, 3.05) is 0 Å². The van der Waals surface area contributed by atoms with Gasteiger partial charge in [-0.05, 0) is 0 Å². The Labute approximate surface area is 73.1 Å². The molecule has 0 bridgehead atoms. The molecule has 0 fully saturated rings. The Morgan fingerprint density at radius 2 is 1.57 bits per heavy atom. The van der Waals surface area contributed by atoms with Crippen molar-refractivity contribution >= 4 is 14.5 Å². The third kappa shape index (κ3) is 3.45. The third-order valence-electron chi connectivity index (χ3n) is 0.536. The normalized spacial score (nSPS) is 6.86. The van der Waals surface area contributed by atoms with E-state index in [0.29, 0.717) is 14.5 Å². The van der Waals surface area contributed by atoms with E-state index in [-0.39, 0.29) is 31.0 Å². The summed E-state index contributed by atoms with van der Waals surface area (Å²) in [6.07, 6.45) is 0. The second kappa shape index (κ2) is 5.02. The van der Waals surface area contributed by atoms with Crippen LogP contribution in [0.4, 0.5) is 0 Å². The van der Waals surface area contributed by atoms with Crippen LogP contribution in [-0.2, 0) is 0 Å². The first-order valence-corrected chi connectivity index (χ1v) is 3.78. The molecule has 0 saturated heterocycles. The molecule has 32 valence electrons. The summed E-state index contributed by atoms with van der Waals surface area (Å²) in [5.41, 5.74) is 0. The molecule has 1 aromatic heterocycles. The molecule has 2 heteroatoms. The topological polar surface area (TPSA) is 0 Å². The zero-order valence-corrected chi connectivity index (χ0v) is 8.01. The first-order valence-electron chi connectivity index (χ1n) is 1.80. The fraction of sp³-hybridized carbons (Fsp3) is 0. The fourth-order valence-corrected chi connectivity index (χ4v) is 1.24. The molecular formula is C5H6NaSe+. The first kappa shape index (κ1) is 7.87. The number of hydrogen-bond acceptors (Lipinski definition) is 0. The molecule has 0 atom stereocenters. The molecule has 0 spiro atoms. The minimum absolute atomic E-state index is 0. The van der Waals surface area contributed by atoms with Crippen molar-refractivity contribution < 1.29 is 31.0 Å². The van der Waals surface area contributed by atoms with Gasteiger partial charge in [0.05, 0.1) is 0 Å². The van der Waals surface area contributed by atoms with E-state index in [1.54, 1.807) is 0 Å². The van der Waals surface area contributed by atoms with Crippen LogP contribution in [0.25, 0.3) is 0 Å². The molecule has 0 saturated carbocycles. The predicted molar refractivity (Wildman–Crippen MR) is 28.9 cm³/mol. The van der Waals surface area contributed by atoms with Gasteiger partial charge in [0.2, 0.25) is 0 Å². The van der Waals surface area contributed by atoms with Crippen molar-refractivity contribution in [1.82, 2.24) is 0 Å². The molecule has 0 N–H and O–H groups in total.